The standard InChI is InChI=1S/C25H20N2S/c1-16(2)25-26-22(24-23(27-25)20-13-6-7-14-21(20)28-24)19-12-8-11-18(15-19)17-9-4-3-5-10-17/h3-16H,1-2H3. The molecule has 5 rings (SSSR count). The maximum Gasteiger partial charge on any atom is 0.132 e. The van der Waals surface area contributed by atoms with Crippen molar-refractivity contribution in [2.24, 2.45) is 0 Å². The molecule has 0 atom stereocenters. The highest BCUT2D eigenvalue weighted by Crippen LogP contribution is 2.39. The molecule has 0 aliphatic rings. The third kappa shape index (κ3) is 2.88. The first-order valence-electron chi connectivity index (χ1n) is 9.56. The molecule has 3 heteroatoms. The summed E-state index contributed by atoms with van der Waals surface area (Å²) < 4.78 is 2.42. The van der Waals surface area contributed by atoms with Gasteiger partial charge in [-0.15, -0.1) is 11.3 Å². The van der Waals surface area contributed by atoms with Crippen LogP contribution in [0.25, 0.3) is 42.7 Å². The predicted octanol–water partition coefficient (Wildman–Crippen LogP) is 7.30. The molecule has 2 heterocycles. The Labute approximate surface area is 168 Å². The van der Waals surface area contributed by atoms with Gasteiger partial charge in [0.25, 0.3) is 0 Å². The van der Waals surface area contributed by atoms with E-state index in [4.69, 9.17) is 9.97 Å². The van der Waals surface area contributed by atoms with Crippen LogP contribution in [-0.2, 0) is 0 Å². The molecule has 0 amide bonds. The van der Waals surface area contributed by atoms with Crippen molar-refractivity contribution in [3.63, 3.8) is 0 Å². The van der Waals surface area contributed by atoms with Gasteiger partial charge in [-0.1, -0.05) is 80.6 Å². The van der Waals surface area contributed by atoms with Crippen molar-refractivity contribution in [2.75, 3.05) is 0 Å². The van der Waals surface area contributed by atoms with Crippen molar-refractivity contribution in [2.45, 2.75) is 19.8 Å². The summed E-state index contributed by atoms with van der Waals surface area (Å²) in [6.45, 7) is 4.31. The number of hydrogen-bond acceptors (Lipinski definition) is 3. The summed E-state index contributed by atoms with van der Waals surface area (Å²) in [7, 11) is 0. The summed E-state index contributed by atoms with van der Waals surface area (Å²) in [5.74, 6) is 1.18. The van der Waals surface area contributed by atoms with E-state index < -0.39 is 0 Å². The average molecular weight is 381 g/mol. The number of nitrogens with zero attached hydrogens (tertiary/aromatic N) is 2. The first-order valence-corrected chi connectivity index (χ1v) is 10.4. The Balaban J connectivity index is 1.79. The van der Waals surface area contributed by atoms with E-state index in [1.165, 1.54) is 21.2 Å². The fourth-order valence-corrected chi connectivity index (χ4v) is 4.69. The molecule has 0 aliphatic heterocycles. The van der Waals surface area contributed by atoms with Gasteiger partial charge in [0.2, 0.25) is 0 Å². The van der Waals surface area contributed by atoms with Crippen LogP contribution >= 0.6 is 11.3 Å². The summed E-state index contributed by atoms with van der Waals surface area (Å²) in [4.78, 5) is 9.93. The van der Waals surface area contributed by atoms with Gasteiger partial charge >= 0.3 is 0 Å². The molecule has 2 aromatic heterocycles. The zero-order valence-corrected chi connectivity index (χ0v) is 16.7. The molecule has 2 nitrogen and oxygen atoms in total. The number of fused-ring (bicyclic) bond motifs is 3. The van der Waals surface area contributed by atoms with E-state index in [0.29, 0.717) is 0 Å². The first-order chi connectivity index (χ1) is 13.7. The molecule has 0 aliphatic carbocycles. The van der Waals surface area contributed by atoms with E-state index in [9.17, 15) is 0 Å². The van der Waals surface area contributed by atoms with Gasteiger partial charge in [0.1, 0.15) is 5.82 Å². The zero-order valence-electron chi connectivity index (χ0n) is 15.9. The van der Waals surface area contributed by atoms with E-state index in [1.807, 2.05) is 6.07 Å². The van der Waals surface area contributed by atoms with Gasteiger partial charge in [-0.2, -0.15) is 0 Å². The smallest absolute Gasteiger partial charge is 0.132 e. The van der Waals surface area contributed by atoms with Crippen LogP contribution < -0.4 is 0 Å². The number of benzene rings is 3. The van der Waals surface area contributed by atoms with E-state index >= 15 is 0 Å². The maximum atomic E-state index is 5.00. The van der Waals surface area contributed by atoms with Gasteiger partial charge in [-0.25, -0.2) is 9.97 Å². The Morgan fingerprint density at radius 3 is 2.25 bits per heavy atom. The molecule has 0 unspecified atom stereocenters. The van der Waals surface area contributed by atoms with Crippen molar-refractivity contribution >= 4 is 31.6 Å². The topological polar surface area (TPSA) is 25.8 Å². The monoisotopic (exact) mass is 380 g/mol. The van der Waals surface area contributed by atoms with Gasteiger partial charge in [-0.3, -0.25) is 0 Å². The number of aromatic nitrogens is 2. The van der Waals surface area contributed by atoms with Crippen molar-refractivity contribution in [3.05, 3.63) is 84.7 Å². The molecule has 136 valence electrons. The van der Waals surface area contributed by atoms with E-state index in [1.54, 1.807) is 11.3 Å². The molecule has 0 fully saturated rings. The maximum absolute atomic E-state index is 5.00. The highest BCUT2D eigenvalue weighted by molar-refractivity contribution is 7.26. The largest absolute Gasteiger partial charge is 0.231 e. The summed E-state index contributed by atoms with van der Waals surface area (Å²) in [5, 5.41) is 1.22. The Morgan fingerprint density at radius 1 is 0.714 bits per heavy atom. The highest BCUT2D eigenvalue weighted by Gasteiger charge is 2.17. The molecule has 0 bridgehead atoms. The van der Waals surface area contributed by atoms with Crippen molar-refractivity contribution in [1.29, 1.82) is 0 Å². The summed E-state index contributed by atoms with van der Waals surface area (Å²) in [6, 6.07) is 27.7. The number of rotatable bonds is 3. The fourth-order valence-electron chi connectivity index (χ4n) is 3.54. The van der Waals surface area contributed by atoms with Crippen molar-refractivity contribution in [3.8, 4) is 22.4 Å². The van der Waals surface area contributed by atoms with Crippen LogP contribution in [0.4, 0.5) is 0 Å². The lowest BCUT2D eigenvalue weighted by Gasteiger charge is -2.10. The first kappa shape index (κ1) is 17.1. The van der Waals surface area contributed by atoms with Crippen molar-refractivity contribution < 1.29 is 0 Å². The molecule has 0 saturated heterocycles. The Bertz CT molecular complexity index is 1290. The molecule has 28 heavy (non-hydrogen) atoms. The Hall–Kier alpha value is -3.04. The van der Waals surface area contributed by atoms with Gasteiger partial charge in [0, 0.05) is 21.6 Å². The SMILES string of the molecule is CC(C)c1nc(-c2cccc(-c3ccccc3)c2)c2sc3ccccc3c2n1. The minimum atomic E-state index is 0.277. The summed E-state index contributed by atoms with van der Waals surface area (Å²) >= 11 is 1.78. The normalized spacial score (nSPS) is 11.5. The molecular formula is C25H20N2S. The Morgan fingerprint density at radius 2 is 1.43 bits per heavy atom. The molecule has 0 spiro atoms. The predicted molar refractivity (Wildman–Crippen MR) is 120 cm³/mol. The zero-order chi connectivity index (χ0) is 19.1. The average Bonchev–Trinajstić information content (AvgIpc) is 3.12. The summed E-state index contributed by atoms with van der Waals surface area (Å²) in [6.07, 6.45) is 0. The molecule has 0 radical (unpaired) electrons. The third-order valence-corrected chi connectivity index (χ3v) is 6.16. The second-order valence-electron chi connectivity index (χ2n) is 7.31. The van der Waals surface area contributed by atoms with Gasteiger partial charge in [0.15, 0.2) is 0 Å². The lowest BCUT2D eigenvalue weighted by Crippen LogP contribution is -1.99. The lowest BCUT2D eigenvalue weighted by atomic mass is 10.0. The number of hydrogen-bond donors (Lipinski definition) is 0. The minimum absolute atomic E-state index is 0.277. The minimum Gasteiger partial charge on any atom is -0.231 e. The van der Waals surface area contributed by atoms with Crippen LogP contribution in [0.2, 0.25) is 0 Å². The van der Waals surface area contributed by atoms with Gasteiger partial charge in [-0.05, 0) is 23.3 Å². The second-order valence-corrected chi connectivity index (χ2v) is 8.36. The van der Waals surface area contributed by atoms with Crippen LogP contribution in [-0.4, -0.2) is 9.97 Å². The van der Waals surface area contributed by atoms with Crippen molar-refractivity contribution in [1.82, 2.24) is 9.97 Å². The third-order valence-electron chi connectivity index (χ3n) is 5.00. The fraction of sp³-hybridized carbons (Fsp3) is 0.120. The van der Waals surface area contributed by atoms with Gasteiger partial charge in [0.05, 0.1) is 15.9 Å². The van der Waals surface area contributed by atoms with E-state index in [2.05, 4.69) is 86.6 Å². The molecule has 0 saturated carbocycles. The molecule has 5 aromatic rings. The van der Waals surface area contributed by atoms with Crippen LogP contribution in [0.15, 0.2) is 78.9 Å². The molecular weight excluding hydrogens is 360 g/mol. The molecule has 3 aromatic carbocycles. The van der Waals surface area contributed by atoms with E-state index in [0.717, 1.165) is 27.3 Å². The quantitative estimate of drug-likeness (QED) is 0.328. The lowest BCUT2D eigenvalue weighted by molar-refractivity contribution is 0.785. The second kappa shape index (κ2) is 6.84. The summed E-state index contributed by atoms with van der Waals surface area (Å²) in [5.41, 5.74) is 5.67. The Kier molecular flexibility index (Phi) is 4.18. The van der Waals surface area contributed by atoms with Gasteiger partial charge < -0.3 is 0 Å². The van der Waals surface area contributed by atoms with Crippen LogP contribution in [0.1, 0.15) is 25.6 Å². The van der Waals surface area contributed by atoms with Crippen LogP contribution in [0, 0.1) is 0 Å². The van der Waals surface area contributed by atoms with Crippen LogP contribution in [0.5, 0.6) is 0 Å². The number of thiophene rings is 1. The van der Waals surface area contributed by atoms with E-state index in [-0.39, 0.29) is 5.92 Å². The molecule has 0 N–H and O–H groups in total. The highest BCUT2D eigenvalue weighted by atomic mass is 32.1. The van der Waals surface area contributed by atoms with Crippen LogP contribution in [0.3, 0.4) is 0 Å².